The molecule has 0 saturated heterocycles. The Balaban J connectivity index is 1.42. The molecule has 1 heterocycles. The van der Waals surface area contributed by atoms with Gasteiger partial charge in [0.2, 0.25) is 0 Å². The SMILES string of the molecule is COc1ccccc1COC(=O)Nc1ccc(Oc2ccnc3cc(OC)c(OC)cc23)cc1. The standard InChI is InChI=1S/C26H24N2O6/c1-30-22-7-5-4-6-17(22)16-33-26(29)28-18-8-10-19(11-9-18)34-23-12-13-27-21-15-25(32-3)24(31-2)14-20(21)23/h4-15H,16H2,1-3H3,(H,28,29). The highest BCUT2D eigenvalue weighted by Crippen LogP contribution is 2.37. The smallest absolute Gasteiger partial charge is 0.411 e. The van der Waals surface area contributed by atoms with Crippen LogP contribution in [0.3, 0.4) is 0 Å². The molecule has 0 spiro atoms. The maximum absolute atomic E-state index is 12.2. The van der Waals surface area contributed by atoms with Crippen molar-refractivity contribution < 1.29 is 28.5 Å². The molecule has 0 unspecified atom stereocenters. The van der Waals surface area contributed by atoms with Gasteiger partial charge in [-0.3, -0.25) is 10.3 Å². The number of carbonyl (C=O) groups excluding carboxylic acids is 1. The second-order valence-electron chi connectivity index (χ2n) is 7.17. The quantitative estimate of drug-likeness (QED) is 0.355. The summed E-state index contributed by atoms with van der Waals surface area (Å²) in [4.78, 5) is 16.6. The van der Waals surface area contributed by atoms with Crippen LogP contribution >= 0.6 is 0 Å². The van der Waals surface area contributed by atoms with Crippen LogP contribution in [0, 0.1) is 0 Å². The maximum atomic E-state index is 12.2. The van der Waals surface area contributed by atoms with Gasteiger partial charge in [-0.25, -0.2) is 4.79 Å². The van der Waals surface area contributed by atoms with Crippen molar-refractivity contribution in [1.29, 1.82) is 0 Å². The minimum absolute atomic E-state index is 0.0976. The van der Waals surface area contributed by atoms with Crippen molar-refractivity contribution in [3.05, 3.63) is 78.5 Å². The Morgan fingerprint density at radius 1 is 0.824 bits per heavy atom. The summed E-state index contributed by atoms with van der Waals surface area (Å²) in [5, 5.41) is 3.48. The molecule has 3 aromatic carbocycles. The highest BCUT2D eigenvalue weighted by Gasteiger charge is 2.12. The number of rotatable bonds is 8. The third-order valence-corrected chi connectivity index (χ3v) is 5.09. The van der Waals surface area contributed by atoms with Gasteiger partial charge < -0.3 is 23.7 Å². The molecule has 0 aliphatic rings. The monoisotopic (exact) mass is 460 g/mol. The minimum atomic E-state index is -0.569. The van der Waals surface area contributed by atoms with Crippen LogP contribution in [0.15, 0.2) is 72.9 Å². The second-order valence-corrected chi connectivity index (χ2v) is 7.17. The van der Waals surface area contributed by atoms with E-state index < -0.39 is 6.09 Å². The Labute approximate surface area is 197 Å². The summed E-state index contributed by atoms with van der Waals surface area (Å²) in [5.41, 5.74) is 2.07. The van der Waals surface area contributed by atoms with E-state index in [0.29, 0.717) is 40.0 Å². The first-order valence-electron chi connectivity index (χ1n) is 10.5. The van der Waals surface area contributed by atoms with Crippen LogP contribution < -0.4 is 24.3 Å². The van der Waals surface area contributed by atoms with Crippen molar-refractivity contribution in [3.8, 4) is 28.7 Å². The Hall–Kier alpha value is -4.46. The number of hydrogen-bond donors (Lipinski definition) is 1. The van der Waals surface area contributed by atoms with Gasteiger partial charge in [0.15, 0.2) is 11.5 Å². The van der Waals surface area contributed by atoms with Crippen molar-refractivity contribution >= 4 is 22.7 Å². The summed E-state index contributed by atoms with van der Waals surface area (Å²) in [5.74, 6) is 3.04. The first-order valence-corrected chi connectivity index (χ1v) is 10.5. The molecule has 174 valence electrons. The van der Waals surface area contributed by atoms with Crippen LogP contribution in [-0.4, -0.2) is 32.4 Å². The third kappa shape index (κ3) is 5.12. The molecule has 34 heavy (non-hydrogen) atoms. The van der Waals surface area contributed by atoms with E-state index in [1.807, 2.05) is 30.3 Å². The molecule has 0 atom stereocenters. The number of carbonyl (C=O) groups is 1. The number of ether oxygens (including phenoxy) is 5. The fourth-order valence-corrected chi connectivity index (χ4v) is 3.39. The van der Waals surface area contributed by atoms with Crippen LogP contribution in [0.1, 0.15) is 5.56 Å². The van der Waals surface area contributed by atoms with Crippen molar-refractivity contribution in [2.45, 2.75) is 6.61 Å². The van der Waals surface area contributed by atoms with Gasteiger partial charge in [-0.1, -0.05) is 18.2 Å². The first kappa shape index (κ1) is 22.7. The van der Waals surface area contributed by atoms with Crippen LogP contribution in [0.2, 0.25) is 0 Å². The lowest BCUT2D eigenvalue weighted by molar-refractivity contribution is 0.154. The predicted octanol–water partition coefficient (Wildman–Crippen LogP) is 5.80. The van der Waals surface area contributed by atoms with Gasteiger partial charge in [0.25, 0.3) is 0 Å². The van der Waals surface area contributed by atoms with Crippen molar-refractivity contribution in [1.82, 2.24) is 4.98 Å². The number of anilines is 1. The molecular formula is C26H24N2O6. The number of nitrogens with zero attached hydrogens (tertiary/aromatic N) is 1. The summed E-state index contributed by atoms with van der Waals surface area (Å²) in [6.45, 7) is 0.0976. The normalized spacial score (nSPS) is 10.4. The summed E-state index contributed by atoms with van der Waals surface area (Å²) in [7, 11) is 4.73. The van der Waals surface area contributed by atoms with Gasteiger partial charge in [-0.2, -0.15) is 0 Å². The van der Waals surface area contributed by atoms with E-state index in [9.17, 15) is 4.79 Å². The van der Waals surface area contributed by atoms with Crippen LogP contribution in [0.25, 0.3) is 10.9 Å². The van der Waals surface area contributed by atoms with Crippen molar-refractivity contribution in [3.63, 3.8) is 0 Å². The molecule has 0 bridgehead atoms. The average molecular weight is 460 g/mol. The molecule has 0 radical (unpaired) electrons. The van der Waals surface area contributed by atoms with Gasteiger partial charge in [0, 0.05) is 28.9 Å². The van der Waals surface area contributed by atoms with Gasteiger partial charge in [-0.05, 0) is 42.5 Å². The van der Waals surface area contributed by atoms with Gasteiger partial charge >= 0.3 is 6.09 Å². The highest BCUT2D eigenvalue weighted by molar-refractivity contribution is 5.88. The Morgan fingerprint density at radius 3 is 2.26 bits per heavy atom. The molecule has 1 N–H and O–H groups in total. The summed E-state index contributed by atoms with van der Waals surface area (Å²) in [6, 6.07) is 19.7. The average Bonchev–Trinajstić information content (AvgIpc) is 2.88. The number of aromatic nitrogens is 1. The number of nitrogens with one attached hydrogen (secondary N) is 1. The van der Waals surface area contributed by atoms with E-state index in [2.05, 4.69) is 10.3 Å². The zero-order valence-electron chi connectivity index (χ0n) is 19.0. The number of amides is 1. The maximum Gasteiger partial charge on any atom is 0.411 e. The summed E-state index contributed by atoms with van der Waals surface area (Å²) in [6.07, 6.45) is 1.10. The lowest BCUT2D eigenvalue weighted by Crippen LogP contribution is -2.13. The molecule has 0 aliphatic heterocycles. The predicted molar refractivity (Wildman–Crippen MR) is 128 cm³/mol. The number of para-hydroxylation sites is 1. The van der Waals surface area contributed by atoms with Crippen LogP contribution in [0.4, 0.5) is 10.5 Å². The third-order valence-electron chi connectivity index (χ3n) is 5.09. The molecule has 4 rings (SSSR count). The van der Waals surface area contributed by atoms with E-state index in [1.54, 1.807) is 63.9 Å². The van der Waals surface area contributed by atoms with Crippen molar-refractivity contribution in [2.75, 3.05) is 26.6 Å². The fraction of sp³-hybridized carbons (Fsp3) is 0.154. The molecule has 0 fully saturated rings. The largest absolute Gasteiger partial charge is 0.496 e. The molecule has 8 nitrogen and oxygen atoms in total. The molecule has 1 aromatic heterocycles. The second kappa shape index (κ2) is 10.4. The molecule has 4 aromatic rings. The molecule has 0 aliphatic carbocycles. The topological polar surface area (TPSA) is 88.1 Å². The summed E-state index contributed by atoms with van der Waals surface area (Å²) >= 11 is 0. The number of methoxy groups -OCH3 is 3. The fourth-order valence-electron chi connectivity index (χ4n) is 3.39. The Morgan fingerprint density at radius 2 is 1.53 bits per heavy atom. The summed E-state index contributed by atoms with van der Waals surface area (Å²) < 4.78 is 27.4. The zero-order valence-corrected chi connectivity index (χ0v) is 19.0. The van der Waals surface area contributed by atoms with E-state index in [1.165, 1.54) is 0 Å². The molecule has 8 heteroatoms. The minimum Gasteiger partial charge on any atom is -0.496 e. The molecular weight excluding hydrogens is 436 g/mol. The number of pyridine rings is 1. The van der Waals surface area contributed by atoms with E-state index in [-0.39, 0.29) is 6.61 Å². The molecule has 1 amide bonds. The number of hydrogen-bond acceptors (Lipinski definition) is 7. The van der Waals surface area contributed by atoms with Crippen LogP contribution in [0.5, 0.6) is 28.7 Å². The van der Waals surface area contributed by atoms with Crippen LogP contribution in [-0.2, 0) is 11.3 Å². The van der Waals surface area contributed by atoms with E-state index in [4.69, 9.17) is 23.7 Å². The first-order chi connectivity index (χ1) is 16.6. The Bertz CT molecular complexity index is 1290. The van der Waals surface area contributed by atoms with E-state index >= 15 is 0 Å². The van der Waals surface area contributed by atoms with Gasteiger partial charge in [-0.15, -0.1) is 0 Å². The number of benzene rings is 3. The highest BCUT2D eigenvalue weighted by atomic mass is 16.5. The lowest BCUT2D eigenvalue weighted by atomic mass is 10.2. The Kier molecular flexibility index (Phi) is 6.98. The number of fused-ring (bicyclic) bond motifs is 1. The van der Waals surface area contributed by atoms with Gasteiger partial charge in [0.1, 0.15) is 23.9 Å². The lowest BCUT2D eigenvalue weighted by Gasteiger charge is -2.13. The van der Waals surface area contributed by atoms with Crippen molar-refractivity contribution in [2.24, 2.45) is 0 Å². The molecule has 0 saturated carbocycles. The zero-order chi connectivity index (χ0) is 23.9. The van der Waals surface area contributed by atoms with Gasteiger partial charge in [0.05, 0.1) is 26.8 Å². The van der Waals surface area contributed by atoms with E-state index in [0.717, 1.165) is 10.9 Å².